The van der Waals surface area contributed by atoms with E-state index in [0.717, 1.165) is 32.9 Å². The molecule has 5 N–H and O–H groups in total. The number of benzene rings is 2. The molecule has 0 radical (unpaired) electrons. The molecule has 1 aliphatic heterocycles. The van der Waals surface area contributed by atoms with Gasteiger partial charge in [0.1, 0.15) is 35.8 Å². The van der Waals surface area contributed by atoms with Gasteiger partial charge in [0, 0.05) is 25.2 Å². The molecule has 1 saturated heterocycles. The number of carbonyl (C=O) groups excluding carboxylic acids is 5. The van der Waals surface area contributed by atoms with Crippen LogP contribution in [0.25, 0.3) is 0 Å². The highest BCUT2D eigenvalue weighted by Gasteiger charge is 2.78. The van der Waals surface area contributed by atoms with Crippen molar-refractivity contribution in [3.63, 3.8) is 0 Å². The number of nitrogens with one attached hydrogen (secondary N) is 1. The fourth-order valence-corrected chi connectivity index (χ4v) is 9.61. The highest BCUT2D eigenvalue weighted by Crippen LogP contribution is 2.64. The van der Waals surface area contributed by atoms with Gasteiger partial charge in [-0.2, -0.15) is 0 Å². The number of halogens is 3. The highest BCUT2D eigenvalue weighted by molar-refractivity contribution is 5.94. The van der Waals surface area contributed by atoms with Crippen LogP contribution in [-0.2, 0) is 38.1 Å². The van der Waals surface area contributed by atoms with Crippen LogP contribution >= 0.6 is 0 Å². The van der Waals surface area contributed by atoms with Crippen LogP contribution in [-0.4, -0.2) is 117 Å². The summed E-state index contributed by atoms with van der Waals surface area (Å²) < 4.78 is 70.3. The average molecular weight is 862 g/mol. The lowest BCUT2D eigenvalue weighted by atomic mass is 9.44. The predicted octanol–water partition coefficient (Wildman–Crippen LogP) is 3.64. The summed E-state index contributed by atoms with van der Waals surface area (Å²) in [7, 11) is 0. The number of rotatable bonds is 10. The summed E-state index contributed by atoms with van der Waals surface area (Å²) in [6.07, 6.45) is -16.2. The molecular formula is C43H50F3NO14. The molecule has 2 bridgehead atoms. The van der Waals surface area contributed by atoms with E-state index in [1.54, 1.807) is 6.07 Å². The second-order valence-electron chi connectivity index (χ2n) is 17.5. The zero-order chi connectivity index (χ0) is 45.2. The standard InChI is InChI=1S/C43H50F3NO14/c1-20-25(58-36(54)31(51)29(22-12-9-8-10-13-22)47-38(55)61-40(5,6)37(45)46)18-43(56)34(59-35(53)23-14-11-15-24(44)16-23)32-41(7,33(52)30(50)28(20)39(43,3)4)26(49)17-27-42(32,19-57-27)60-21(2)48/h8-16,25-27,29-32,34,37,49-51,56H,17-19H2,1-7H3,(H,47,55)/t25-,26-,27+,29-,30+,31+,32-,34-,41+,42-,43+/m0/s1. The molecule has 1 heterocycles. The summed E-state index contributed by atoms with van der Waals surface area (Å²) in [6, 6.07) is 10.2. The number of carbonyl (C=O) groups is 5. The molecule has 15 nitrogen and oxygen atoms in total. The Bertz CT molecular complexity index is 2110. The third-order valence-corrected chi connectivity index (χ3v) is 13.1. The third-order valence-electron chi connectivity index (χ3n) is 13.1. The van der Waals surface area contributed by atoms with Crippen molar-refractivity contribution in [3.05, 3.63) is 82.7 Å². The molecule has 61 heavy (non-hydrogen) atoms. The first-order valence-corrected chi connectivity index (χ1v) is 19.7. The minimum Gasteiger partial charge on any atom is -0.456 e. The molecule has 0 unspecified atom stereocenters. The summed E-state index contributed by atoms with van der Waals surface area (Å²) in [6.45, 7) is 8.18. The molecule has 11 atom stereocenters. The topological polar surface area (TPSA) is 224 Å². The van der Waals surface area contributed by atoms with Gasteiger partial charge >= 0.3 is 24.0 Å². The lowest BCUT2D eigenvalue weighted by Gasteiger charge is -2.67. The fraction of sp³-hybridized carbons (Fsp3) is 0.558. The SMILES string of the molecule is CC(=O)O[C@@]12CO[C@@H]1C[C@H](O)[C@@]1(C)C(=O)[C@H](O)C3=C(C)[C@@H](OC(=O)[C@H](O)[C@@H](NC(=O)OC(C)(C)C(F)F)c4ccccc4)C[C@@](O)([C@@H](OC(=O)c4cccc(F)c4)[C@H]21)C3(C)C. The van der Waals surface area contributed by atoms with Crippen LogP contribution in [0.4, 0.5) is 18.0 Å². The number of esters is 3. The number of fused-ring (bicyclic) bond motifs is 5. The fourth-order valence-electron chi connectivity index (χ4n) is 9.61. The van der Waals surface area contributed by atoms with Gasteiger partial charge in [0.25, 0.3) is 6.43 Å². The summed E-state index contributed by atoms with van der Waals surface area (Å²) in [5.41, 5.74) is -10.9. The van der Waals surface area contributed by atoms with Crippen LogP contribution in [0.1, 0.15) is 83.3 Å². The van der Waals surface area contributed by atoms with Crippen molar-refractivity contribution in [1.29, 1.82) is 0 Å². The minimum atomic E-state index is -3.10. The minimum absolute atomic E-state index is 0.0282. The molecule has 3 aliphatic carbocycles. The zero-order valence-corrected chi connectivity index (χ0v) is 34.5. The van der Waals surface area contributed by atoms with Gasteiger partial charge in [0.05, 0.1) is 35.6 Å². The Morgan fingerprint density at radius 2 is 1.66 bits per heavy atom. The number of alkyl halides is 2. The molecule has 2 aromatic carbocycles. The second kappa shape index (κ2) is 16.1. The lowest BCUT2D eigenvalue weighted by molar-refractivity contribution is -0.346. The van der Waals surface area contributed by atoms with E-state index < -0.39 is 131 Å². The van der Waals surface area contributed by atoms with Crippen LogP contribution in [0.3, 0.4) is 0 Å². The second-order valence-corrected chi connectivity index (χ2v) is 17.5. The van der Waals surface area contributed by atoms with E-state index in [9.17, 15) is 57.6 Å². The van der Waals surface area contributed by atoms with Crippen molar-refractivity contribution in [1.82, 2.24) is 5.32 Å². The third kappa shape index (κ3) is 7.59. The Kier molecular flexibility index (Phi) is 12.1. The van der Waals surface area contributed by atoms with Gasteiger partial charge in [-0.3, -0.25) is 9.59 Å². The number of aliphatic hydroxyl groups excluding tert-OH is 3. The number of hydrogen-bond acceptors (Lipinski definition) is 14. The quantitative estimate of drug-likeness (QED) is 0.131. The molecule has 332 valence electrons. The van der Waals surface area contributed by atoms with Gasteiger partial charge < -0.3 is 49.4 Å². The molecule has 2 saturated carbocycles. The van der Waals surface area contributed by atoms with Crippen molar-refractivity contribution >= 4 is 29.8 Å². The molecule has 2 aromatic rings. The molecule has 18 heteroatoms. The Labute approximate surface area is 349 Å². The number of ketones is 1. The molecule has 6 rings (SSSR count). The number of aliphatic hydroxyl groups is 4. The maximum Gasteiger partial charge on any atom is 0.408 e. The van der Waals surface area contributed by atoms with E-state index in [2.05, 4.69) is 5.32 Å². The number of Topliss-reactive ketones (excluding diaryl/α,β-unsaturated/α-hetero) is 1. The van der Waals surface area contributed by atoms with Crippen molar-refractivity contribution in [3.8, 4) is 0 Å². The summed E-state index contributed by atoms with van der Waals surface area (Å²) in [4.78, 5) is 68.8. The molecule has 4 aliphatic rings. The maximum atomic E-state index is 14.9. The highest BCUT2D eigenvalue weighted by atomic mass is 19.3. The van der Waals surface area contributed by atoms with Gasteiger partial charge in [0.15, 0.2) is 23.1 Å². The smallest absolute Gasteiger partial charge is 0.408 e. The first kappa shape index (κ1) is 45.6. The van der Waals surface area contributed by atoms with Gasteiger partial charge in [-0.15, -0.1) is 0 Å². The van der Waals surface area contributed by atoms with E-state index >= 15 is 0 Å². The van der Waals surface area contributed by atoms with E-state index in [1.807, 2.05) is 0 Å². The monoisotopic (exact) mass is 861 g/mol. The van der Waals surface area contributed by atoms with Crippen molar-refractivity contribution in [2.45, 2.75) is 127 Å². The van der Waals surface area contributed by atoms with Gasteiger partial charge in [-0.05, 0) is 62.6 Å². The van der Waals surface area contributed by atoms with Crippen molar-refractivity contribution < 1.29 is 81.3 Å². The summed E-state index contributed by atoms with van der Waals surface area (Å²) in [5.74, 6) is -7.00. The van der Waals surface area contributed by atoms with Crippen LogP contribution in [0, 0.1) is 22.6 Å². The predicted molar refractivity (Wildman–Crippen MR) is 204 cm³/mol. The summed E-state index contributed by atoms with van der Waals surface area (Å²) in [5, 5.41) is 51.1. The Morgan fingerprint density at radius 3 is 2.23 bits per heavy atom. The Balaban J connectivity index is 1.48. The zero-order valence-electron chi connectivity index (χ0n) is 34.5. The lowest BCUT2D eigenvalue weighted by Crippen LogP contribution is -2.81. The molecule has 1 amide bonds. The maximum absolute atomic E-state index is 14.9. The summed E-state index contributed by atoms with van der Waals surface area (Å²) >= 11 is 0. The van der Waals surface area contributed by atoms with Crippen LogP contribution in [0.2, 0.25) is 0 Å². The number of amides is 1. The first-order chi connectivity index (χ1) is 28.3. The Morgan fingerprint density at radius 1 is 1.00 bits per heavy atom. The van der Waals surface area contributed by atoms with Crippen LogP contribution in [0.15, 0.2) is 65.7 Å². The average Bonchev–Trinajstić information content (AvgIpc) is 3.18. The normalized spacial score (nSPS) is 32.7. The van der Waals surface area contributed by atoms with Crippen molar-refractivity contribution in [2.75, 3.05) is 6.61 Å². The molecular weight excluding hydrogens is 811 g/mol. The van der Waals surface area contributed by atoms with Gasteiger partial charge in [0.2, 0.25) is 0 Å². The van der Waals surface area contributed by atoms with Gasteiger partial charge in [-0.1, -0.05) is 50.2 Å². The van der Waals surface area contributed by atoms with E-state index in [-0.39, 0.29) is 28.7 Å². The van der Waals surface area contributed by atoms with E-state index in [0.29, 0.717) is 0 Å². The van der Waals surface area contributed by atoms with Crippen molar-refractivity contribution in [2.24, 2.45) is 16.7 Å². The number of ether oxygens (including phenoxy) is 5. The van der Waals surface area contributed by atoms with Gasteiger partial charge in [-0.25, -0.2) is 27.6 Å². The first-order valence-electron chi connectivity index (χ1n) is 19.7. The number of hydrogen-bond donors (Lipinski definition) is 5. The number of alkyl carbamates (subject to hydrolysis) is 1. The van der Waals surface area contributed by atoms with E-state index in [4.69, 9.17) is 23.7 Å². The van der Waals surface area contributed by atoms with Crippen LogP contribution < -0.4 is 5.32 Å². The van der Waals surface area contributed by atoms with E-state index in [1.165, 1.54) is 64.1 Å². The van der Waals surface area contributed by atoms with Crippen LogP contribution in [0.5, 0.6) is 0 Å². The molecule has 0 spiro atoms. The molecule has 3 fully saturated rings. The molecule has 0 aromatic heterocycles. The largest absolute Gasteiger partial charge is 0.456 e. The Hall–Kier alpha value is -4.88.